The van der Waals surface area contributed by atoms with Gasteiger partial charge in [-0.15, -0.1) is 11.6 Å². The van der Waals surface area contributed by atoms with Crippen molar-refractivity contribution < 1.29 is 14.3 Å². The SMILES string of the molecule is COC1(C(=O)Nc2ccc(CNCC3CCC(=O)N3)cn2)C=CC=C(c2ccccc2)[C@@H]1Cl. The van der Waals surface area contributed by atoms with Crippen LogP contribution in [0.3, 0.4) is 0 Å². The molecule has 8 heteroatoms. The Bertz CT molecular complexity index is 1060. The second-order valence-electron chi connectivity index (χ2n) is 8.15. The van der Waals surface area contributed by atoms with E-state index in [1.165, 1.54) is 7.11 Å². The average molecular weight is 467 g/mol. The van der Waals surface area contributed by atoms with Gasteiger partial charge in [0.2, 0.25) is 5.91 Å². The average Bonchev–Trinajstić information content (AvgIpc) is 3.26. The number of ether oxygens (including phenoxy) is 1. The van der Waals surface area contributed by atoms with Crippen molar-refractivity contribution in [2.75, 3.05) is 19.0 Å². The lowest BCUT2D eigenvalue weighted by Gasteiger charge is -2.35. The maximum atomic E-state index is 13.3. The highest BCUT2D eigenvalue weighted by molar-refractivity contribution is 6.30. The molecule has 0 spiro atoms. The third-order valence-corrected chi connectivity index (χ3v) is 6.50. The van der Waals surface area contributed by atoms with Crippen molar-refractivity contribution >= 4 is 34.8 Å². The van der Waals surface area contributed by atoms with E-state index in [0.717, 1.165) is 23.1 Å². The van der Waals surface area contributed by atoms with Crippen LogP contribution in [-0.2, 0) is 20.9 Å². The number of amides is 2. The summed E-state index contributed by atoms with van der Waals surface area (Å²) in [7, 11) is 1.47. The van der Waals surface area contributed by atoms with E-state index in [0.29, 0.717) is 25.3 Å². The summed E-state index contributed by atoms with van der Waals surface area (Å²) < 4.78 is 5.67. The lowest BCUT2D eigenvalue weighted by Crippen LogP contribution is -2.51. The third-order valence-electron chi connectivity index (χ3n) is 5.94. The molecule has 1 aromatic carbocycles. The van der Waals surface area contributed by atoms with Crippen molar-refractivity contribution in [3.63, 3.8) is 0 Å². The molecule has 3 atom stereocenters. The van der Waals surface area contributed by atoms with Crippen LogP contribution in [0.1, 0.15) is 24.0 Å². The number of alkyl halides is 1. The maximum absolute atomic E-state index is 13.3. The zero-order valence-corrected chi connectivity index (χ0v) is 19.1. The van der Waals surface area contributed by atoms with E-state index < -0.39 is 16.9 Å². The predicted molar refractivity (Wildman–Crippen MR) is 129 cm³/mol. The van der Waals surface area contributed by atoms with E-state index in [1.807, 2.05) is 42.5 Å². The van der Waals surface area contributed by atoms with Crippen LogP contribution in [0, 0.1) is 0 Å². The van der Waals surface area contributed by atoms with Gasteiger partial charge >= 0.3 is 0 Å². The standard InChI is InChI=1S/C25H27ClN4O3/c1-33-25(13-5-8-20(23(25)26)18-6-3-2-4-7-18)24(32)30-21-11-9-17(15-28-21)14-27-16-19-10-12-22(31)29-19/h2-9,11,13,15,19,23,27H,10,12,14,16H2,1H3,(H,29,31)(H,28,30,32)/t19?,23-,25?/m0/s1. The van der Waals surface area contributed by atoms with Crippen molar-refractivity contribution in [2.24, 2.45) is 0 Å². The number of carbonyl (C=O) groups excluding carboxylic acids is 2. The molecule has 4 rings (SSSR count). The van der Waals surface area contributed by atoms with Gasteiger partial charge in [0, 0.05) is 38.9 Å². The number of halogens is 1. The molecule has 1 aromatic heterocycles. The van der Waals surface area contributed by atoms with Crippen molar-refractivity contribution in [1.29, 1.82) is 0 Å². The summed E-state index contributed by atoms with van der Waals surface area (Å²) in [5.41, 5.74) is 1.35. The Kier molecular flexibility index (Phi) is 7.23. The minimum Gasteiger partial charge on any atom is -0.362 e. The molecular formula is C25H27ClN4O3. The number of anilines is 1. The monoisotopic (exact) mass is 466 g/mol. The number of carbonyl (C=O) groups is 2. The number of allylic oxidation sites excluding steroid dienone is 2. The molecule has 2 aliphatic rings. The number of methoxy groups -OCH3 is 1. The number of nitrogens with one attached hydrogen (secondary N) is 3. The molecule has 0 saturated carbocycles. The van der Waals surface area contributed by atoms with Gasteiger partial charge in [-0.3, -0.25) is 9.59 Å². The molecule has 1 saturated heterocycles. The van der Waals surface area contributed by atoms with Crippen LogP contribution in [0.2, 0.25) is 0 Å². The summed E-state index contributed by atoms with van der Waals surface area (Å²) in [6.07, 6.45) is 8.51. The number of rotatable bonds is 8. The number of hydrogen-bond acceptors (Lipinski definition) is 5. The van der Waals surface area contributed by atoms with Gasteiger partial charge in [-0.05, 0) is 35.3 Å². The van der Waals surface area contributed by atoms with Gasteiger partial charge < -0.3 is 20.7 Å². The van der Waals surface area contributed by atoms with E-state index in [4.69, 9.17) is 16.3 Å². The predicted octanol–water partition coefficient (Wildman–Crippen LogP) is 3.03. The van der Waals surface area contributed by atoms with Crippen molar-refractivity contribution in [3.8, 4) is 0 Å². The molecule has 0 radical (unpaired) electrons. The van der Waals surface area contributed by atoms with Gasteiger partial charge in [-0.1, -0.05) is 48.6 Å². The van der Waals surface area contributed by atoms with Crippen LogP contribution in [0.4, 0.5) is 5.82 Å². The fourth-order valence-corrected chi connectivity index (χ4v) is 4.52. The van der Waals surface area contributed by atoms with Gasteiger partial charge in [-0.25, -0.2) is 4.98 Å². The molecular weight excluding hydrogens is 440 g/mol. The molecule has 2 heterocycles. The lowest BCUT2D eigenvalue weighted by atomic mass is 9.85. The zero-order chi connectivity index (χ0) is 23.3. The van der Waals surface area contributed by atoms with Gasteiger partial charge in [0.05, 0.1) is 0 Å². The minimum atomic E-state index is -1.37. The number of benzene rings is 1. The van der Waals surface area contributed by atoms with E-state index in [2.05, 4.69) is 20.9 Å². The van der Waals surface area contributed by atoms with E-state index in [1.54, 1.807) is 24.4 Å². The fourth-order valence-electron chi connectivity index (χ4n) is 4.06. The maximum Gasteiger partial charge on any atom is 0.263 e. The molecule has 2 aromatic rings. The summed E-state index contributed by atoms with van der Waals surface area (Å²) in [5, 5.41) is 8.37. The Morgan fingerprint density at radius 2 is 2.09 bits per heavy atom. The first-order chi connectivity index (χ1) is 16.0. The first-order valence-corrected chi connectivity index (χ1v) is 11.4. The van der Waals surface area contributed by atoms with Crippen molar-refractivity contribution in [3.05, 3.63) is 78.0 Å². The summed E-state index contributed by atoms with van der Waals surface area (Å²) in [6, 6.07) is 13.5. The molecule has 7 nitrogen and oxygen atoms in total. The van der Waals surface area contributed by atoms with Gasteiger partial charge in [0.1, 0.15) is 11.2 Å². The zero-order valence-electron chi connectivity index (χ0n) is 18.4. The number of hydrogen-bond donors (Lipinski definition) is 3. The Morgan fingerprint density at radius 3 is 2.76 bits per heavy atom. The Morgan fingerprint density at radius 1 is 1.27 bits per heavy atom. The smallest absolute Gasteiger partial charge is 0.263 e. The molecule has 0 bridgehead atoms. The van der Waals surface area contributed by atoms with Crippen LogP contribution in [0.5, 0.6) is 0 Å². The molecule has 1 aliphatic carbocycles. The molecule has 3 N–H and O–H groups in total. The number of nitrogens with zero attached hydrogens (tertiary/aromatic N) is 1. The molecule has 1 fully saturated rings. The molecule has 2 amide bonds. The van der Waals surface area contributed by atoms with Crippen LogP contribution in [0.15, 0.2) is 66.9 Å². The highest BCUT2D eigenvalue weighted by atomic mass is 35.5. The number of aromatic nitrogens is 1. The Balaban J connectivity index is 1.38. The van der Waals surface area contributed by atoms with Crippen LogP contribution in [0.25, 0.3) is 5.57 Å². The highest BCUT2D eigenvalue weighted by Crippen LogP contribution is 2.37. The van der Waals surface area contributed by atoms with Crippen molar-refractivity contribution in [2.45, 2.75) is 36.4 Å². The molecule has 2 unspecified atom stereocenters. The van der Waals surface area contributed by atoms with Gasteiger partial charge in [0.25, 0.3) is 5.91 Å². The fraction of sp³-hybridized carbons (Fsp3) is 0.320. The normalized spacial score (nSPS) is 24.3. The number of pyridine rings is 1. The quantitative estimate of drug-likeness (QED) is 0.520. The van der Waals surface area contributed by atoms with Crippen molar-refractivity contribution in [1.82, 2.24) is 15.6 Å². The molecule has 33 heavy (non-hydrogen) atoms. The van der Waals surface area contributed by atoms with Crippen LogP contribution < -0.4 is 16.0 Å². The van der Waals surface area contributed by atoms with E-state index >= 15 is 0 Å². The topological polar surface area (TPSA) is 92.4 Å². The second kappa shape index (κ2) is 10.3. The van der Waals surface area contributed by atoms with Gasteiger partial charge in [0.15, 0.2) is 5.60 Å². The summed E-state index contributed by atoms with van der Waals surface area (Å²) >= 11 is 6.79. The first kappa shape index (κ1) is 23.2. The summed E-state index contributed by atoms with van der Waals surface area (Å²) in [6.45, 7) is 1.33. The Labute approximate surface area is 198 Å². The molecule has 1 aliphatic heterocycles. The minimum absolute atomic E-state index is 0.107. The summed E-state index contributed by atoms with van der Waals surface area (Å²) in [5.74, 6) is 0.130. The summed E-state index contributed by atoms with van der Waals surface area (Å²) in [4.78, 5) is 28.9. The molecule has 172 valence electrons. The first-order valence-electron chi connectivity index (χ1n) is 10.9. The lowest BCUT2D eigenvalue weighted by molar-refractivity contribution is -0.131. The van der Waals surface area contributed by atoms with E-state index in [-0.39, 0.29) is 11.9 Å². The largest absolute Gasteiger partial charge is 0.362 e. The van der Waals surface area contributed by atoms with Crippen LogP contribution >= 0.6 is 11.6 Å². The van der Waals surface area contributed by atoms with Crippen LogP contribution in [-0.4, -0.2) is 47.5 Å². The second-order valence-corrected chi connectivity index (χ2v) is 8.58. The van der Waals surface area contributed by atoms with Gasteiger partial charge in [-0.2, -0.15) is 0 Å². The Hall–Kier alpha value is -3.00. The highest BCUT2D eigenvalue weighted by Gasteiger charge is 2.46. The van der Waals surface area contributed by atoms with E-state index in [9.17, 15) is 9.59 Å². The third kappa shape index (κ3) is 5.16.